The summed E-state index contributed by atoms with van der Waals surface area (Å²) in [5.74, 6) is 1.61. The molecule has 3 atom stereocenters. The van der Waals surface area contributed by atoms with Gasteiger partial charge in [0.25, 0.3) is 0 Å². The molecule has 0 aromatic heterocycles. The van der Waals surface area contributed by atoms with Crippen LogP contribution in [0.15, 0.2) is 0 Å². The molecule has 2 saturated carbocycles. The van der Waals surface area contributed by atoms with Gasteiger partial charge in [-0.15, -0.1) is 0 Å². The van der Waals surface area contributed by atoms with E-state index in [0.717, 1.165) is 36.8 Å². The monoisotopic (exact) mass is 304 g/mol. The van der Waals surface area contributed by atoms with Gasteiger partial charge in [-0.05, 0) is 42.9 Å². The molecule has 0 spiro atoms. The van der Waals surface area contributed by atoms with E-state index in [4.69, 9.17) is 9.47 Å². The average molecular weight is 305 g/mol. The molecule has 0 aliphatic heterocycles. The molecule has 2 aliphatic carbocycles. The van der Waals surface area contributed by atoms with Crippen molar-refractivity contribution in [2.75, 3.05) is 25.7 Å². The predicted octanol–water partition coefficient (Wildman–Crippen LogP) is 3.63. The lowest BCUT2D eigenvalue weighted by Gasteiger charge is -2.48. The third kappa shape index (κ3) is 2.08. The standard InChI is InChI=1S/C14H25BrO2/c1-13(2)11-5-6-12(9-11)14(13,10-15)17-8-4-7-16-3/h11-12H,4-10H2,1-3H3. The van der Waals surface area contributed by atoms with Crippen molar-refractivity contribution in [3.63, 3.8) is 0 Å². The molecule has 0 saturated heterocycles. The molecule has 0 N–H and O–H groups in total. The first kappa shape index (κ1) is 13.8. The number of hydrogen-bond donors (Lipinski definition) is 0. The van der Waals surface area contributed by atoms with E-state index in [2.05, 4.69) is 29.8 Å². The van der Waals surface area contributed by atoms with Crippen molar-refractivity contribution in [3.8, 4) is 0 Å². The molecule has 100 valence electrons. The molecule has 17 heavy (non-hydrogen) atoms. The van der Waals surface area contributed by atoms with Crippen molar-refractivity contribution in [2.45, 2.75) is 45.1 Å². The first-order valence-corrected chi connectivity index (χ1v) is 7.89. The second kappa shape index (κ2) is 5.18. The van der Waals surface area contributed by atoms with Gasteiger partial charge in [0.15, 0.2) is 0 Å². The largest absolute Gasteiger partial charge is 0.385 e. The molecule has 0 amide bonds. The van der Waals surface area contributed by atoms with E-state index < -0.39 is 0 Å². The maximum Gasteiger partial charge on any atom is 0.0860 e. The Hall–Kier alpha value is 0.400. The molecule has 3 unspecified atom stereocenters. The average Bonchev–Trinajstić information content (AvgIpc) is 2.85. The lowest BCUT2D eigenvalue weighted by atomic mass is 9.66. The van der Waals surface area contributed by atoms with Crippen molar-refractivity contribution in [2.24, 2.45) is 17.3 Å². The minimum atomic E-state index is 0.0592. The lowest BCUT2D eigenvalue weighted by molar-refractivity contribution is -0.139. The summed E-state index contributed by atoms with van der Waals surface area (Å²) in [5.41, 5.74) is 0.371. The van der Waals surface area contributed by atoms with Crippen molar-refractivity contribution in [1.82, 2.24) is 0 Å². The summed E-state index contributed by atoms with van der Waals surface area (Å²) in [6.07, 6.45) is 5.11. The van der Waals surface area contributed by atoms with Crippen LogP contribution >= 0.6 is 15.9 Å². The number of methoxy groups -OCH3 is 1. The van der Waals surface area contributed by atoms with Crippen LogP contribution in [0, 0.1) is 17.3 Å². The maximum absolute atomic E-state index is 6.36. The SMILES string of the molecule is COCCCOC1(CBr)C2CCC(C2)C1(C)C. The topological polar surface area (TPSA) is 18.5 Å². The second-order valence-corrected chi connectivity index (χ2v) is 6.71. The molecule has 0 radical (unpaired) electrons. The first-order valence-electron chi connectivity index (χ1n) is 6.77. The lowest BCUT2D eigenvalue weighted by Crippen LogP contribution is -2.53. The first-order chi connectivity index (χ1) is 8.08. The Kier molecular flexibility index (Phi) is 4.21. The Morgan fingerprint density at radius 2 is 1.88 bits per heavy atom. The fourth-order valence-corrected chi connectivity index (χ4v) is 5.36. The highest BCUT2D eigenvalue weighted by Gasteiger charge is 2.63. The number of alkyl halides is 1. The molecule has 2 bridgehead atoms. The molecule has 2 rings (SSSR count). The van der Waals surface area contributed by atoms with Gasteiger partial charge in [0, 0.05) is 25.7 Å². The van der Waals surface area contributed by atoms with Crippen molar-refractivity contribution < 1.29 is 9.47 Å². The van der Waals surface area contributed by atoms with Gasteiger partial charge in [-0.25, -0.2) is 0 Å². The molecule has 0 heterocycles. The fraction of sp³-hybridized carbons (Fsp3) is 1.00. The van der Waals surface area contributed by atoms with Crippen LogP contribution in [0.1, 0.15) is 39.5 Å². The second-order valence-electron chi connectivity index (χ2n) is 6.15. The summed E-state index contributed by atoms with van der Waals surface area (Å²) >= 11 is 3.72. The highest BCUT2D eigenvalue weighted by molar-refractivity contribution is 9.09. The van der Waals surface area contributed by atoms with E-state index in [1.165, 1.54) is 19.3 Å². The van der Waals surface area contributed by atoms with E-state index in [1.54, 1.807) is 7.11 Å². The van der Waals surface area contributed by atoms with Gasteiger partial charge in [0.05, 0.1) is 5.60 Å². The van der Waals surface area contributed by atoms with E-state index in [9.17, 15) is 0 Å². The fourth-order valence-electron chi connectivity index (χ4n) is 4.01. The Morgan fingerprint density at radius 1 is 1.18 bits per heavy atom. The van der Waals surface area contributed by atoms with Gasteiger partial charge in [-0.1, -0.05) is 29.8 Å². The zero-order valence-electron chi connectivity index (χ0n) is 11.3. The number of fused-ring (bicyclic) bond motifs is 2. The zero-order valence-corrected chi connectivity index (χ0v) is 12.9. The normalized spacial score (nSPS) is 38.8. The van der Waals surface area contributed by atoms with Crippen LogP contribution in [0.25, 0.3) is 0 Å². The Balaban J connectivity index is 2.03. The minimum Gasteiger partial charge on any atom is -0.385 e. The van der Waals surface area contributed by atoms with Gasteiger partial charge in [-0.2, -0.15) is 0 Å². The van der Waals surface area contributed by atoms with Gasteiger partial charge in [0.2, 0.25) is 0 Å². The van der Waals surface area contributed by atoms with Crippen molar-refractivity contribution >= 4 is 15.9 Å². The summed E-state index contributed by atoms with van der Waals surface area (Å²) < 4.78 is 11.5. The van der Waals surface area contributed by atoms with E-state index >= 15 is 0 Å². The molecule has 2 nitrogen and oxygen atoms in total. The number of ether oxygens (including phenoxy) is 2. The van der Waals surface area contributed by atoms with E-state index in [-0.39, 0.29) is 5.60 Å². The van der Waals surface area contributed by atoms with Crippen molar-refractivity contribution in [3.05, 3.63) is 0 Å². The third-order valence-corrected chi connectivity index (χ3v) is 6.09. The summed E-state index contributed by atoms with van der Waals surface area (Å²) in [7, 11) is 1.75. The molecular formula is C14H25BrO2. The van der Waals surface area contributed by atoms with Crippen LogP contribution in [0.2, 0.25) is 0 Å². The minimum absolute atomic E-state index is 0.0592. The highest BCUT2D eigenvalue weighted by atomic mass is 79.9. The summed E-state index contributed by atoms with van der Waals surface area (Å²) in [6, 6.07) is 0. The van der Waals surface area contributed by atoms with Gasteiger partial charge < -0.3 is 9.47 Å². The van der Waals surface area contributed by atoms with Gasteiger partial charge >= 0.3 is 0 Å². The van der Waals surface area contributed by atoms with Gasteiger partial charge in [-0.3, -0.25) is 0 Å². The predicted molar refractivity (Wildman–Crippen MR) is 73.6 cm³/mol. The molecule has 2 fully saturated rings. The number of rotatable bonds is 6. The van der Waals surface area contributed by atoms with Gasteiger partial charge in [0.1, 0.15) is 0 Å². The summed E-state index contributed by atoms with van der Waals surface area (Å²) in [6.45, 7) is 6.42. The molecule has 0 aromatic rings. The van der Waals surface area contributed by atoms with Crippen LogP contribution in [0.4, 0.5) is 0 Å². The quantitative estimate of drug-likeness (QED) is 0.551. The number of halogens is 1. The summed E-state index contributed by atoms with van der Waals surface area (Å²) in [4.78, 5) is 0. The zero-order chi connectivity index (χ0) is 12.5. The van der Waals surface area contributed by atoms with Crippen LogP contribution in [-0.2, 0) is 9.47 Å². The van der Waals surface area contributed by atoms with Crippen LogP contribution in [-0.4, -0.2) is 31.3 Å². The van der Waals surface area contributed by atoms with Crippen LogP contribution < -0.4 is 0 Å². The highest BCUT2D eigenvalue weighted by Crippen LogP contribution is 2.63. The van der Waals surface area contributed by atoms with Crippen LogP contribution in [0.5, 0.6) is 0 Å². The van der Waals surface area contributed by atoms with E-state index in [0.29, 0.717) is 5.41 Å². The molecule has 0 aromatic carbocycles. The van der Waals surface area contributed by atoms with E-state index in [1.807, 2.05) is 0 Å². The summed E-state index contributed by atoms with van der Waals surface area (Å²) in [5, 5.41) is 0.973. The Labute approximate surface area is 114 Å². The number of hydrogen-bond acceptors (Lipinski definition) is 2. The Bertz CT molecular complexity index is 267. The molecule has 3 heteroatoms. The maximum atomic E-state index is 6.36. The van der Waals surface area contributed by atoms with Crippen molar-refractivity contribution in [1.29, 1.82) is 0 Å². The smallest absolute Gasteiger partial charge is 0.0860 e. The Morgan fingerprint density at radius 3 is 2.41 bits per heavy atom. The van der Waals surface area contributed by atoms with Crippen LogP contribution in [0.3, 0.4) is 0 Å². The third-order valence-electron chi connectivity index (χ3n) is 5.25. The molecular weight excluding hydrogens is 280 g/mol. The molecule has 2 aliphatic rings.